The Morgan fingerprint density at radius 1 is 1.32 bits per heavy atom. The highest BCUT2D eigenvalue weighted by Crippen LogP contribution is 2.18. The summed E-state index contributed by atoms with van der Waals surface area (Å²) in [4.78, 5) is 1.95. The molecule has 1 aromatic carbocycles. The molecule has 0 atom stereocenters. The molecule has 5 nitrogen and oxygen atoms in total. The van der Waals surface area contributed by atoms with Crippen molar-refractivity contribution in [1.82, 2.24) is 10.2 Å². The maximum Gasteiger partial charge on any atom is 0.162 e. The lowest BCUT2D eigenvalue weighted by Crippen LogP contribution is -2.24. The molecule has 2 aromatic rings. The van der Waals surface area contributed by atoms with Crippen LogP contribution in [-0.2, 0) is 6.54 Å². The molecule has 0 spiro atoms. The number of nitrogens with one attached hydrogen (secondary N) is 1. The second-order valence-corrected chi connectivity index (χ2v) is 4.46. The zero-order valence-electron chi connectivity index (χ0n) is 11.1. The zero-order chi connectivity index (χ0) is 13.8. The maximum atomic E-state index is 7.57. The highest BCUT2D eigenvalue weighted by atomic mass is 15.2. The third-order valence-corrected chi connectivity index (χ3v) is 3.02. The number of aryl methyl sites for hydroxylation is 1. The van der Waals surface area contributed by atoms with Gasteiger partial charge in [0.05, 0.1) is 11.8 Å². The van der Waals surface area contributed by atoms with Gasteiger partial charge in [-0.2, -0.15) is 5.10 Å². The third kappa shape index (κ3) is 2.88. The van der Waals surface area contributed by atoms with E-state index in [-0.39, 0.29) is 5.84 Å². The van der Waals surface area contributed by atoms with E-state index in [1.807, 2.05) is 24.1 Å². The molecular formula is C14H17N5. The van der Waals surface area contributed by atoms with Gasteiger partial charge in [0.1, 0.15) is 5.84 Å². The van der Waals surface area contributed by atoms with Crippen molar-refractivity contribution in [3.8, 4) is 0 Å². The minimum atomic E-state index is 0.00142. The van der Waals surface area contributed by atoms with Crippen LogP contribution >= 0.6 is 0 Å². The average Bonchev–Trinajstić information content (AvgIpc) is 2.41. The second kappa shape index (κ2) is 5.48. The summed E-state index contributed by atoms with van der Waals surface area (Å²) < 4.78 is 0. The zero-order valence-corrected chi connectivity index (χ0v) is 11.1. The fourth-order valence-corrected chi connectivity index (χ4v) is 1.93. The van der Waals surface area contributed by atoms with Gasteiger partial charge in [0.2, 0.25) is 0 Å². The van der Waals surface area contributed by atoms with Crippen LogP contribution in [0.5, 0.6) is 0 Å². The van der Waals surface area contributed by atoms with E-state index in [0.717, 1.165) is 0 Å². The largest absolute Gasteiger partial charge is 0.384 e. The van der Waals surface area contributed by atoms with Crippen molar-refractivity contribution < 1.29 is 0 Å². The number of aromatic nitrogens is 2. The molecule has 0 radical (unpaired) electrons. The smallest absolute Gasteiger partial charge is 0.162 e. The van der Waals surface area contributed by atoms with Crippen molar-refractivity contribution in [2.75, 3.05) is 11.9 Å². The van der Waals surface area contributed by atoms with E-state index in [9.17, 15) is 0 Å². The number of rotatable bonds is 4. The van der Waals surface area contributed by atoms with Gasteiger partial charge < -0.3 is 10.6 Å². The van der Waals surface area contributed by atoms with Gasteiger partial charge >= 0.3 is 0 Å². The number of anilines is 1. The minimum Gasteiger partial charge on any atom is -0.384 e. The Kier molecular flexibility index (Phi) is 3.75. The van der Waals surface area contributed by atoms with Gasteiger partial charge in [-0.1, -0.05) is 24.3 Å². The van der Waals surface area contributed by atoms with Crippen molar-refractivity contribution in [2.45, 2.75) is 13.5 Å². The van der Waals surface area contributed by atoms with Gasteiger partial charge in [-0.25, -0.2) is 0 Å². The van der Waals surface area contributed by atoms with Crippen LogP contribution in [0.4, 0.5) is 5.82 Å². The molecule has 0 aliphatic carbocycles. The lowest BCUT2D eigenvalue weighted by molar-refractivity contribution is 0.858. The predicted octanol–water partition coefficient (Wildman–Crippen LogP) is 1.71. The molecule has 1 aromatic heterocycles. The number of benzene rings is 1. The molecule has 1 heterocycles. The Balaban J connectivity index is 2.28. The summed E-state index contributed by atoms with van der Waals surface area (Å²) in [5, 5.41) is 15.5. The topological polar surface area (TPSA) is 78.9 Å². The Hall–Kier alpha value is -2.43. The molecule has 0 saturated heterocycles. The molecule has 0 bridgehead atoms. The first kappa shape index (κ1) is 13.0. The van der Waals surface area contributed by atoms with Crippen LogP contribution in [0.25, 0.3) is 0 Å². The van der Waals surface area contributed by atoms with Crippen LogP contribution < -0.4 is 10.6 Å². The molecule has 0 unspecified atom stereocenters. The Labute approximate surface area is 112 Å². The summed E-state index contributed by atoms with van der Waals surface area (Å²) in [6, 6.07) is 9.89. The van der Waals surface area contributed by atoms with Crippen molar-refractivity contribution in [2.24, 2.45) is 5.73 Å². The van der Waals surface area contributed by atoms with Crippen molar-refractivity contribution in [1.29, 1.82) is 5.41 Å². The Morgan fingerprint density at radius 3 is 2.74 bits per heavy atom. The monoisotopic (exact) mass is 255 g/mol. The molecule has 19 heavy (non-hydrogen) atoms. The number of hydrogen-bond acceptors (Lipinski definition) is 4. The van der Waals surface area contributed by atoms with Crippen LogP contribution in [0.1, 0.15) is 16.7 Å². The fourth-order valence-electron chi connectivity index (χ4n) is 1.93. The maximum absolute atomic E-state index is 7.57. The first-order valence-corrected chi connectivity index (χ1v) is 6.01. The standard InChI is InChI=1S/C14H17N5/c1-10-5-3-4-6-11(10)9-19(2)14-12(13(15)16)7-8-17-18-14/h3-8H,9H2,1-2H3,(H3,15,16). The molecule has 0 aliphatic rings. The average molecular weight is 255 g/mol. The summed E-state index contributed by atoms with van der Waals surface area (Å²) >= 11 is 0. The quantitative estimate of drug-likeness (QED) is 0.644. The first-order valence-electron chi connectivity index (χ1n) is 6.01. The van der Waals surface area contributed by atoms with E-state index in [1.165, 1.54) is 11.1 Å². The Bertz CT molecular complexity index is 594. The molecule has 98 valence electrons. The summed E-state index contributed by atoms with van der Waals surface area (Å²) in [7, 11) is 1.92. The summed E-state index contributed by atoms with van der Waals surface area (Å²) in [5.74, 6) is 0.625. The van der Waals surface area contributed by atoms with Crippen LogP contribution in [0.15, 0.2) is 36.5 Å². The highest BCUT2D eigenvalue weighted by Gasteiger charge is 2.12. The van der Waals surface area contributed by atoms with Crippen molar-refractivity contribution in [3.05, 3.63) is 53.2 Å². The van der Waals surface area contributed by atoms with E-state index in [4.69, 9.17) is 11.1 Å². The number of nitrogens with zero attached hydrogens (tertiary/aromatic N) is 3. The molecule has 0 amide bonds. The van der Waals surface area contributed by atoms with E-state index in [1.54, 1.807) is 12.3 Å². The first-order chi connectivity index (χ1) is 9.09. The lowest BCUT2D eigenvalue weighted by atomic mass is 10.1. The van der Waals surface area contributed by atoms with Crippen LogP contribution in [-0.4, -0.2) is 23.1 Å². The van der Waals surface area contributed by atoms with Gasteiger partial charge in [-0.15, -0.1) is 5.10 Å². The molecule has 0 aliphatic heterocycles. The predicted molar refractivity (Wildman–Crippen MR) is 76.3 cm³/mol. The molecule has 2 rings (SSSR count). The van der Waals surface area contributed by atoms with E-state index in [2.05, 4.69) is 29.3 Å². The number of nitrogens with two attached hydrogens (primary N) is 1. The molecule has 0 fully saturated rings. The lowest BCUT2D eigenvalue weighted by Gasteiger charge is -2.20. The van der Waals surface area contributed by atoms with E-state index < -0.39 is 0 Å². The normalized spacial score (nSPS) is 10.2. The Morgan fingerprint density at radius 2 is 2.05 bits per heavy atom. The highest BCUT2D eigenvalue weighted by molar-refractivity contribution is 5.99. The molecule has 0 saturated carbocycles. The van der Waals surface area contributed by atoms with Gasteiger partial charge in [0.15, 0.2) is 5.82 Å². The number of hydrogen-bond donors (Lipinski definition) is 2. The number of amidine groups is 1. The van der Waals surface area contributed by atoms with Crippen molar-refractivity contribution in [3.63, 3.8) is 0 Å². The summed E-state index contributed by atoms with van der Waals surface area (Å²) in [6.45, 7) is 2.78. The third-order valence-electron chi connectivity index (χ3n) is 3.02. The fraction of sp³-hybridized carbons (Fsp3) is 0.214. The minimum absolute atomic E-state index is 0.00142. The van der Waals surface area contributed by atoms with Crippen molar-refractivity contribution >= 4 is 11.7 Å². The summed E-state index contributed by atoms with van der Waals surface area (Å²) in [6.07, 6.45) is 1.54. The van der Waals surface area contributed by atoms with Crippen LogP contribution in [0.3, 0.4) is 0 Å². The van der Waals surface area contributed by atoms with Gasteiger partial charge in [-0.3, -0.25) is 5.41 Å². The van der Waals surface area contributed by atoms with E-state index >= 15 is 0 Å². The van der Waals surface area contributed by atoms with Gasteiger partial charge in [0.25, 0.3) is 0 Å². The molecular weight excluding hydrogens is 238 g/mol. The summed E-state index contributed by atoms with van der Waals surface area (Å²) in [5.41, 5.74) is 8.61. The van der Waals surface area contributed by atoms with Crippen LogP contribution in [0, 0.1) is 12.3 Å². The van der Waals surface area contributed by atoms with E-state index in [0.29, 0.717) is 17.9 Å². The van der Waals surface area contributed by atoms with Gasteiger partial charge in [-0.05, 0) is 24.1 Å². The second-order valence-electron chi connectivity index (χ2n) is 4.46. The van der Waals surface area contributed by atoms with Gasteiger partial charge in [0, 0.05) is 13.6 Å². The van der Waals surface area contributed by atoms with Crippen LogP contribution in [0.2, 0.25) is 0 Å². The molecule has 3 N–H and O–H groups in total. The SMILES string of the molecule is Cc1ccccc1CN(C)c1nnccc1C(=N)N. The number of nitrogen functional groups attached to an aromatic ring is 1. The molecule has 5 heteroatoms.